The minimum Gasteiger partial charge on any atom is -0.456 e. The van der Waals surface area contributed by atoms with Gasteiger partial charge < -0.3 is 13.4 Å². The van der Waals surface area contributed by atoms with Gasteiger partial charge >= 0.3 is 0 Å². The van der Waals surface area contributed by atoms with E-state index in [1.807, 2.05) is 72.8 Å². The molecule has 0 spiro atoms. The van der Waals surface area contributed by atoms with Crippen LogP contribution in [-0.2, 0) is 6.42 Å². The summed E-state index contributed by atoms with van der Waals surface area (Å²) in [5.74, 6) is 2.18. The maximum absolute atomic E-state index is 7.01. The molecule has 0 radical (unpaired) electrons. The number of rotatable bonds is 6. The zero-order chi connectivity index (χ0) is 41.4. The first-order chi connectivity index (χ1) is 31.2. The van der Waals surface area contributed by atoms with Crippen molar-refractivity contribution < 1.29 is 8.83 Å². The Morgan fingerprint density at radius 2 is 1.27 bits per heavy atom. The van der Waals surface area contributed by atoms with Gasteiger partial charge in [0.15, 0.2) is 17.5 Å². The van der Waals surface area contributed by atoms with Crippen molar-refractivity contribution in [1.29, 1.82) is 0 Å². The zero-order valence-electron chi connectivity index (χ0n) is 34.2. The molecule has 11 aromatic rings. The predicted molar refractivity (Wildman–Crippen MR) is 256 cm³/mol. The second-order valence-corrected chi connectivity index (χ2v) is 16.6. The molecule has 0 N–H and O–H groups in total. The molecule has 298 valence electrons. The molecule has 63 heavy (non-hydrogen) atoms. The van der Waals surface area contributed by atoms with Crippen LogP contribution in [0.4, 0.5) is 0 Å². The third-order valence-corrected chi connectivity index (χ3v) is 12.8. The second-order valence-electron chi connectivity index (χ2n) is 16.6. The van der Waals surface area contributed by atoms with E-state index in [9.17, 15) is 0 Å². The molecule has 4 aromatic heterocycles. The van der Waals surface area contributed by atoms with Crippen molar-refractivity contribution >= 4 is 60.9 Å². The molecule has 13 rings (SSSR count). The van der Waals surface area contributed by atoms with Gasteiger partial charge in [0.1, 0.15) is 22.3 Å². The maximum atomic E-state index is 7.01. The number of aryl methyl sites for hydroxylation is 1. The van der Waals surface area contributed by atoms with Crippen LogP contribution in [0.5, 0.6) is 0 Å². The van der Waals surface area contributed by atoms with Crippen LogP contribution in [0.1, 0.15) is 35.6 Å². The van der Waals surface area contributed by atoms with Crippen molar-refractivity contribution in [2.75, 3.05) is 0 Å². The lowest BCUT2D eigenvalue weighted by atomic mass is 9.91. The molecule has 0 aliphatic heterocycles. The quantitative estimate of drug-likeness (QED) is 0.167. The normalized spacial score (nSPS) is 14.8. The number of para-hydroxylation sites is 1. The molecule has 0 fully saturated rings. The Labute approximate surface area is 362 Å². The molecule has 0 amide bonds. The lowest BCUT2D eigenvalue weighted by Crippen LogP contribution is -2.01. The molecule has 7 aromatic carbocycles. The number of benzene rings is 7. The van der Waals surface area contributed by atoms with E-state index in [0.717, 1.165) is 96.6 Å². The van der Waals surface area contributed by atoms with Gasteiger partial charge in [-0.15, -0.1) is 0 Å². The number of aromatic nitrogens is 4. The molecular formula is C57H38N4O2. The highest BCUT2D eigenvalue weighted by Crippen LogP contribution is 2.43. The van der Waals surface area contributed by atoms with Crippen molar-refractivity contribution in [2.45, 2.75) is 25.2 Å². The van der Waals surface area contributed by atoms with E-state index in [0.29, 0.717) is 23.4 Å². The lowest BCUT2D eigenvalue weighted by molar-refractivity contribution is 0.668. The Bertz CT molecular complexity index is 3660. The van der Waals surface area contributed by atoms with Crippen molar-refractivity contribution in [3.05, 3.63) is 199 Å². The van der Waals surface area contributed by atoms with Crippen molar-refractivity contribution in [1.82, 2.24) is 19.5 Å². The van der Waals surface area contributed by atoms with E-state index in [1.165, 1.54) is 27.7 Å². The number of hydrogen-bond acceptors (Lipinski definition) is 5. The molecule has 2 aliphatic carbocycles. The highest BCUT2D eigenvalue weighted by Gasteiger charge is 2.24. The number of hydrogen-bond donors (Lipinski definition) is 0. The Morgan fingerprint density at radius 1 is 0.508 bits per heavy atom. The third-order valence-electron chi connectivity index (χ3n) is 12.8. The van der Waals surface area contributed by atoms with E-state index >= 15 is 0 Å². The van der Waals surface area contributed by atoms with Gasteiger partial charge in [0.2, 0.25) is 0 Å². The van der Waals surface area contributed by atoms with Crippen molar-refractivity contribution in [2.24, 2.45) is 0 Å². The van der Waals surface area contributed by atoms with E-state index in [1.54, 1.807) is 0 Å². The van der Waals surface area contributed by atoms with Crippen LogP contribution in [0.3, 0.4) is 0 Å². The van der Waals surface area contributed by atoms with Gasteiger partial charge in [0, 0.05) is 67.0 Å². The summed E-state index contributed by atoms with van der Waals surface area (Å²) >= 11 is 0. The highest BCUT2D eigenvalue weighted by atomic mass is 16.3. The molecule has 1 atom stereocenters. The molecule has 0 saturated heterocycles. The van der Waals surface area contributed by atoms with E-state index in [4.69, 9.17) is 23.8 Å². The molecule has 2 aliphatic rings. The Hall–Kier alpha value is -8.09. The second kappa shape index (κ2) is 14.3. The van der Waals surface area contributed by atoms with Crippen LogP contribution in [-0.4, -0.2) is 19.5 Å². The molecular weight excluding hydrogens is 773 g/mol. The molecule has 1 unspecified atom stereocenters. The van der Waals surface area contributed by atoms with E-state index in [-0.39, 0.29) is 0 Å². The predicted octanol–water partition coefficient (Wildman–Crippen LogP) is 14.8. The number of fused-ring (bicyclic) bond motifs is 9. The molecule has 0 saturated carbocycles. The SMILES string of the molecule is C1=CCC(c2ccc3c(c2)c2c(n3-c3ccc4c(c3)oc3cc(-c5ccc6oc7ccccc7c6c5)cc(-c5nc(-c6ccccc6)nc(-c6ccccc6)n5)c34)C=CCC2)C=C1. The minimum absolute atomic E-state index is 0.390. The largest absolute Gasteiger partial charge is 0.456 e. The van der Waals surface area contributed by atoms with Gasteiger partial charge in [-0.3, -0.25) is 0 Å². The monoisotopic (exact) mass is 810 g/mol. The van der Waals surface area contributed by atoms with Gasteiger partial charge in [0.25, 0.3) is 0 Å². The van der Waals surface area contributed by atoms with Crippen LogP contribution in [0.2, 0.25) is 0 Å². The average Bonchev–Trinajstić information content (AvgIpc) is 4.03. The van der Waals surface area contributed by atoms with Crippen molar-refractivity contribution in [3.8, 4) is 51.0 Å². The summed E-state index contributed by atoms with van der Waals surface area (Å²) in [5.41, 5.74) is 14.3. The number of furan rings is 2. The molecule has 6 nitrogen and oxygen atoms in total. The minimum atomic E-state index is 0.390. The summed E-state index contributed by atoms with van der Waals surface area (Å²) < 4.78 is 15.7. The summed E-state index contributed by atoms with van der Waals surface area (Å²) in [4.78, 5) is 15.5. The summed E-state index contributed by atoms with van der Waals surface area (Å²) in [6.07, 6.45) is 16.6. The first kappa shape index (κ1) is 35.6. The molecule has 6 heteroatoms. The fraction of sp³-hybridized carbons (Fsp3) is 0.0702. The third kappa shape index (κ3) is 5.90. The Balaban J connectivity index is 1.04. The Kier molecular flexibility index (Phi) is 8.06. The summed E-state index contributed by atoms with van der Waals surface area (Å²) in [6.45, 7) is 0. The molecule has 0 bridgehead atoms. The van der Waals surface area contributed by atoms with Crippen LogP contribution in [0.25, 0.3) is 112 Å². The fourth-order valence-corrected chi connectivity index (χ4v) is 9.80. The van der Waals surface area contributed by atoms with E-state index in [2.05, 4.69) is 120 Å². The standard InChI is InChI=1S/C57H38N4O2/c1-4-14-35(15-5-1)38-24-28-49-45(30-38)42-20-10-12-22-48(42)61(49)41-26-27-44-52(34-41)63-53-33-40(39-25-29-51-46(31-39)43-21-11-13-23-50(43)62-51)32-47(54(44)53)57-59-55(36-16-6-2-7-17-36)58-56(60-57)37-18-8-3-9-19-37/h1-9,11-14,16-19,21-35H,10,15,20H2. The van der Waals surface area contributed by atoms with Crippen LogP contribution in [0.15, 0.2) is 191 Å². The average molecular weight is 811 g/mol. The first-order valence-electron chi connectivity index (χ1n) is 21.7. The van der Waals surface area contributed by atoms with Gasteiger partial charge in [-0.05, 0) is 102 Å². The molecule has 4 heterocycles. The van der Waals surface area contributed by atoms with Gasteiger partial charge in [-0.1, -0.05) is 121 Å². The smallest absolute Gasteiger partial charge is 0.164 e. The fourth-order valence-electron chi connectivity index (χ4n) is 9.80. The zero-order valence-corrected chi connectivity index (χ0v) is 34.2. The first-order valence-corrected chi connectivity index (χ1v) is 21.7. The Morgan fingerprint density at radius 3 is 2.08 bits per heavy atom. The van der Waals surface area contributed by atoms with Crippen LogP contribution >= 0.6 is 0 Å². The lowest BCUT2D eigenvalue weighted by Gasteiger charge is -2.14. The summed E-state index contributed by atoms with van der Waals surface area (Å²) in [6, 6.07) is 52.9. The highest BCUT2D eigenvalue weighted by molar-refractivity contribution is 6.14. The number of allylic oxidation sites excluding steroid dienone is 5. The summed E-state index contributed by atoms with van der Waals surface area (Å²) in [5, 5.41) is 5.42. The maximum Gasteiger partial charge on any atom is 0.164 e. The van der Waals surface area contributed by atoms with E-state index < -0.39 is 0 Å². The van der Waals surface area contributed by atoms with Gasteiger partial charge in [-0.25, -0.2) is 15.0 Å². The van der Waals surface area contributed by atoms with Crippen LogP contribution < -0.4 is 0 Å². The van der Waals surface area contributed by atoms with Gasteiger partial charge in [0.05, 0.1) is 5.52 Å². The van der Waals surface area contributed by atoms with Crippen molar-refractivity contribution in [3.63, 3.8) is 0 Å². The summed E-state index contributed by atoms with van der Waals surface area (Å²) in [7, 11) is 0. The van der Waals surface area contributed by atoms with Gasteiger partial charge in [-0.2, -0.15) is 0 Å². The van der Waals surface area contributed by atoms with Crippen LogP contribution in [0, 0.1) is 0 Å². The number of nitrogens with zero attached hydrogens (tertiary/aromatic N) is 4. The topological polar surface area (TPSA) is 69.9 Å².